The van der Waals surface area contributed by atoms with Gasteiger partial charge in [0.15, 0.2) is 0 Å². The summed E-state index contributed by atoms with van der Waals surface area (Å²) in [7, 11) is 0. The lowest BCUT2D eigenvalue weighted by Gasteiger charge is -2.16. The Morgan fingerprint density at radius 3 is 2.65 bits per heavy atom. The van der Waals surface area contributed by atoms with Crippen LogP contribution >= 0.6 is 0 Å². The Balaban J connectivity index is 1.39. The van der Waals surface area contributed by atoms with Gasteiger partial charge < -0.3 is 0 Å². The first kappa shape index (κ1) is 24.4. The van der Waals surface area contributed by atoms with Crippen molar-refractivity contribution in [1.82, 2.24) is 0 Å². The van der Waals surface area contributed by atoms with Crippen molar-refractivity contribution in [2.24, 2.45) is 0 Å². The lowest BCUT2D eigenvalue weighted by atomic mass is 9.88. The van der Waals surface area contributed by atoms with Gasteiger partial charge >= 0.3 is 0 Å². The zero-order valence-electron chi connectivity index (χ0n) is 21.5. The molecule has 0 spiro atoms. The third-order valence-corrected chi connectivity index (χ3v) is 7.03. The molecule has 0 nitrogen and oxygen atoms in total. The summed E-state index contributed by atoms with van der Waals surface area (Å²) in [5.74, 6) is 2.84. The molecule has 0 heterocycles. The molecule has 0 bridgehead atoms. The van der Waals surface area contributed by atoms with Crippen molar-refractivity contribution in [1.29, 1.82) is 0 Å². The van der Waals surface area contributed by atoms with Crippen LogP contribution in [0.15, 0.2) is 149 Å². The molecule has 5 rings (SSSR count). The van der Waals surface area contributed by atoms with Crippen LogP contribution in [-0.2, 0) is 6.42 Å². The van der Waals surface area contributed by atoms with E-state index < -0.39 is 0 Å². The zero-order chi connectivity index (χ0) is 25.5. The third-order valence-electron chi connectivity index (χ3n) is 7.03. The SMILES string of the molecule is C#CC(C=CC)=CC1=C2C=CCCC2=CCC=C1C=CCc1ccc(-c2cccc3ccccc23)cc1. The average Bonchev–Trinajstić information content (AvgIpc) is 3.12. The molecule has 3 aromatic carbocycles. The summed E-state index contributed by atoms with van der Waals surface area (Å²) < 4.78 is 0. The highest BCUT2D eigenvalue weighted by atomic mass is 14.2. The summed E-state index contributed by atoms with van der Waals surface area (Å²) in [4.78, 5) is 0. The lowest BCUT2D eigenvalue weighted by molar-refractivity contribution is 0.959. The molecule has 2 aliphatic carbocycles. The van der Waals surface area contributed by atoms with Crippen LogP contribution in [0.25, 0.3) is 21.9 Å². The van der Waals surface area contributed by atoms with Gasteiger partial charge in [-0.3, -0.25) is 0 Å². The Morgan fingerprint density at radius 1 is 0.973 bits per heavy atom. The molecule has 0 N–H and O–H groups in total. The molecule has 0 amide bonds. The molecule has 2 aliphatic rings. The van der Waals surface area contributed by atoms with Gasteiger partial charge in [-0.05, 0) is 88.4 Å². The van der Waals surface area contributed by atoms with Crippen LogP contribution in [0.4, 0.5) is 0 Å². The predicted octanol–water partition coefficient (Wildman–Crippen LogP) is 9.64. The van der Waals surface area contributed by atoms with Crippen LogP contribution in [0, 0.1) is 12.3 Å². The summed E-state index contributed by atoms with van der Waals surface area (Å²) in [5.41, 5.74) is 9.90. The predicted molar refractivity (Wildman–Crippen MR) is 160 cm³/mol. The van der Waals surface area contributed by atoms with Crippen molar-refractivity contribution < 1.29 is 0 Å². The molecule has 3 aromatic rings. The van der Waals surface area contributed by atoms with Gasteiger partial charge in [-0.1, -0.05) is 121 Å². The van der Waals surface area contributed by atoms with Crippen molar-refractivity contribution in [3.8, 4) is 23.5 Å². The largest absolute Gasteiger partial charge is 0.115 e. The van der Waals surface area contributed by atoms with Crippen molar-refractivity contribution in [3.05, 3.63) is 155 Å². The minimum atomic E-state index is 0.881. The van der Waals surface area contributed by atoms with Crippen molar-refractivity contribution in [2.75, 3.05) is 0 Å². The van der Waals surface area contributed by atoms with Gasteiger partial charge in [0.1, 0.15) is 0 Å². The van der Waals surface area contributed by atoms with E-state index in [1.165, 1.54) is 49.8 Å². The first-order valence-electron chi connectivity index (χ1n) is 13.1. The summed E-state index contributed by atoms with van der Waals surface area (Å²) in [5, 5.41) is 2.57. The highest BCUT2D eigenvalue weighted by molar-refractivity contribution is 5.96. The van der Waals surface area contributed by atoms with E-state index in [1.54, 1.807) is 0 Å². The van der Waals surface area contributed by atoms with Gasteiger partial charge in [0.25, 0.3) is 0 Å². The molecule has 0 saturated heterocycles. The molecule has 37 heavy (non-hydrogen) atoms. The highest BCUT2D eigenvalue weighted by Crippen LogP contribution is 2.34. The van der Waals surface area contributed by atoms with E-state index in [9.17, 15) is 0 Å². The second kappa shape index (κ2) is 11.6. The van der Waals surface area contributed by atoms with Crippen molar-refractivity contribution >= 4 is 10.8 Å². The average molecular weight is 477 g/mol. The second-order valence-electron chi connectivity index (χ2n) is 9.47. The van der Waals surface area contributed by atoms with Gasteiger partial charge in [0, 0.05) is 5.57 Å². The molecule has 0 fully saturated rings. The number of allylic oxidation sites excluding steroid dienone is 14. The molecule has 0 radical (unpaired) electrons. The fraction of sp³-hybridized carbons (Fsp3) is 0.135. The molecular formula is C37H32. The van der Waals surface area contributed by atoms with Crippen LogP contribution in [-0.4, -0.2) is 0 Å². The normalized spacial score (nSPS) is 16.1. The van der Waals surface area contributed by atoms with Gasteiger partial charge in [-0.2, -0.15) is 0 Å². The number of terminal acetylenes is 1. The molecule has 0 heteroatoms. The van der Waals surface area contributed by atoms with Crippen LogP contribution in [0.3, 0.4) is 0 Å². The first-order valence-corrected chi connectivity index (χ1v) is 13.1. The van der Waals surface area contributed by atoms with Crippen molar-refractivity contribution in [3.63, 3.8) is 0 Å². The highest BCUT2D eigenvalue weighted by Gasteiger charge is 2.15. The zero-order valence-corrected chi connectivity index (χ0v) is 21.5. The second-order valence-corrected chi connectivity index (χ2v) is 9.47. The maximum absolute atomic E-state index is 5.83. The van der Waals surface area contributed by atoms with Crippen LogP contribution in [0.2, 0.25) is 0 Å². The van der Waals surface area contributed by atoms with E-state index in [4.69, 9.17) is 6.42 Å². The Morgan fingerprint density at radius 2 is 1.81 bits per heavy atom. The number of hydrogen-bond donors (Lipinski definition) is 0. The van der Waals surface area contributed by atoms with E-state index in [1.807, 2.05) is 19.1 Å². The molecule has 0 aliphatic heterocycles. The summed E-state index contributed by atoms with van der Waals surface area (Å²) in [6.07, 6.45) is 29.8. The van der Waals surface area contributed by atoms with Crippen LogP contribution in [0.5, 0.6) is 0 Å². The van der Waals surface area contributed by atoms with E-state index in [0.29, 0.717) is 0 Å². The van der Waals surface area contributed by atoms with Gasteiger partial charge in [-0.25, -0.2) is 0 Å². The monoisotopic (exact) mass is 476 g/mol. The molecule has 0 aromatic heterocycles. The molecule has 0 saturated carbocycles. The van der Waals surface area contributed by atoms with E-state index >= 15 is 0 Å². The molecule has 0 unspecified atom stereocenters. The van der Waals surface area contributed by atoms with E-state index in [-0.39, 0.29) is 0 Å². The Hall–Kier alpha value is -4.34. The Bertz CT molecular complexity index is 1550. The molecule has 180 valence electrons. The lowest BCUT2D eigenvalue weighted by Crippen LogP contribution is -1.98. The number of hydrogen-bond acceptors (Lipinski definition) is 0. The minimum Gasteiger partial charge on any atom is -0.115 e. The molecule has 0 atom stereocenters. The maximum Gasteiger partial charge on any atom is 0.0245 e. The summed E-state index contributed by atoms with van der Waals surface area (Å²) >= 11 is 0. The van der Waals surface area contributed by atoms with Gasteiger partial charge in [-0.15, -0.1) is 6.42 Å². The Labute approximate surface area is 221 Å². The van der Waals surface area contributed by atoms with Crippen LogP contribution in [0.1, 0.15) is 31.7 Å². The van der Waals surface area contributed by atoms with Crippen molar-refractivity contribution in [2.45, 2.75) is 32.6 Å². The summed E-state index contributed by atoms with van der Waals surface area (Å²) in [6.45, 7) is 2.00. The third kappa shape index (κ3) is 5.58. The van der Waals surface area contributed by atoms with E-state index in [0.717, 1.165) is 31.3 Å². The number of rotatable bonds is 6. The summed E-state index contributed by atoms with van der Waals surface area (Å²) in [6, 6.07) is 24.1. The van der Waals surface area contributed by atoms with Gasteiger partial charge in [0.2, 0.25) is 0 Å². The number of fused-ring (bicyclic) bond motifs is 2. The fourth-order valence-electron chi connectivity index (χ4n) is 5.16. The minimum absolute atomic E-state index is 0.881. The maximum atomic E-state index is 5.83. The first-order chi connectivity index (χ1) is 18.3. The van der Waals surface area contributed by atoms with Crippen LogP contribution < -0.4 is 0 Å². The molecular weight excluding hydrogens is 444 g/mol. The fourth-order valence-corrected chi connectivity index (χ4v) is 5.16. The quantitative estimate of drug-likeness (QED) is 0.245. The van der Waals surface area contributed by atoms with E-state index in [2.05, 4.69) is 115 Å². The smallest absolute Gasteiger partial charge is 0.0245 e. The standard InChI is InChI=1S/C37H32/c1-3-12-28(4-2)27-37-32(18-10-17-31-15-6-8-21-36(31)37)16-9-13-29-23-25-33(26-24-29)35-22-11-19-30-14-5-7-20-34(30)35/h2-3,5,7-9,11-12,14,16-27H,6,10,13,15H2,1H3. The van der Waals surface area contributed by atoms with Gasteiger partial charge in [0.05, 0.1) is 0 Å². The Kier molecular flexibility index (Phi) is 7.63. The number of benzene rings is 3. The topological polar surface area (TPSA) is 0 Å².